The van der Waals surface area contributed by atoms with Crippen molar-refractivity contribution in [1.82, 2.24) is 4.72 Å². The molecule has 0 aliphatic rings. The third kappa shape index (κ3) is 4.10. The lowest BCUT2D eigenvalue weighted by Crippen LogP contribution is -2.32. The molecule has 9 heteroatoms. The van der Waals surface area contributed by atoms with E-state index in [1.165, 1.54) is 6.08 Å². The molecule has 1 atom stereocenters. The van der Waals surface area contributed by atoms with Gasteiger partial charge in [-0.05, 0) is 31.5 Å². The van der Waals surface area contributed by atoms with Gasteiger partial charge < -0.3 is 0 Å². The predicted octanol–water partition coefficient (Wildman–Crippen LogP) is 0.716. The number of nitrogens with one attached hydrogen (secondary N) is 1. The first kappa shape index (κ1) is 16.8. The van der Waals surface area contributed by atoms with Gasteiger partial charge in [0.25, 0.3) is 0 Å². The van der Waals surface area contributed by atoms with Gasteiger partial charge in [0.1, 0.15) is 10.7 Å². The topological polar surface area (TPSA) is 106 Å². The van der Waals surface area contributed by atoms with Crippen LogP contribution in [0.4, 0.5) is 4.39 Å². The van der Waals surface area contributed by atoms with E-state index in [1.807, 2.05) is 0 Å². The molecule has 0 aliphatic heterocycles. The van der Waals surface area contributed by atoms with Gasteiger partial charge in [-0.3, -0.25) is 0 Å². The summed E-state index contributed by atoms with van der Waals surface area (Å²) in [5, 5.41) is 4.83. The number of sulfonamides is 2. The van der Waals surface area contributed by atoms with Crippen molar-refractivity contribution in [1.29, 1.82) is 0 Å². The molecule has 6 nitrogen and oxygen atoms in total. The van der Waals surface area contributed by atoms with Crippen LogP contribution in [0.25, 0.3) is 0 Å². The van der Waals surface area contributed by atoms with E-state index in [0.29, 0.717) is 12.5 Å². The SMILES string of the molecule is C=CCC(C)NS(=O)(=O)c1ccc(S(N)(=O)=O)cc1F. The van der Waals surface area contributed by atoms with Crippen LogP contribution in [0, 0.1) is 5.82 Å². The summed E-state index contributed by atoms with van der Waals surface area (Å²) in [7, 11) is -8.17. The van der Waals surface area contributed by atoms with Crippen LogP contribution in [0.1, 0.15) is 13.3 Å². The zero-order chi connectivity index (χ0) is 15.6. The number of benzene rings is 1. The van der Waals surface area contributed by atoms with Gasteiger partial charge in [0, 0.05) is 6.04 Å². The van der Waals surface area contributed by atoms with Crippen molar-refractivity contribution >= 4 is 20.0 Å². The number of hydrogen-bond acceptors (Lipinski definition) is 4. The van der Waals surface area contributed by atoms with Crippen molar-refractivity contribution in [2.45, 2.75) is 29.2 Å². The van der Waals surface area contributed by atoms with E-state index in [2.05, 4.69) is 11.3 Å². The molecular formula is C11H15FN2O4S2. The van der Waals surface area contributed by atoms with E-state index in [4.69, 9.17) is 5.14 Å². The Kier molecular flexibility index (Phi) is 5.03. The second-order valence-electron chi connectivity index (χ2n) is 4.18. The molecule has 112 valence electrons. The van der Waals surface area contributed by atoms with E-state index in [9.17, 15) is 21.2 Å². The molecular weight excluding hydrogens is 307 g/mol. The van der Waals surface area contributed by atoms with Gasteiger partial charge in [-0.25, -0.2) is 31.1 Å². The molecule has 0 radical (unpaired) electrons. The second kappa shape index (κ2) is 6.00. The van der Waals surface area contributed by atoms with Crippen LogP contribution in [0.5, 0.6) is 0 Å². The highest BCUT2D eigenvalue weighted by molar-refractivity contribution is 7.89. The lowest BCUT2D eigenvalue weighted by atomic mass is 10.3. The standard InChI is InChI=1S/C11H15FN2O4S2/c1-3-4-8(2)14-20(17,18)11-6-5-9(7-10(11)12)19(13,15)16/h3,5-8,14H,1,4H2,2H3,(H2,13,15,16). The Labute approximate surface area is 117 Å². The van der Waals surface area contributed by atoms with Crippen LogP contribution in [0.3, 0.4) is 0 Å². The van der Waals surface area contributed by atoms with Crippen molar-refractivity contribution < 1.29 is 21.2 Å². The molecule has 0 aliphatic carbocycles. The predicted molar refractivity (Wildman–Crippen MR) is 72.4 cm³/mol. The maximum Gasteiger partial charge on any atom is 0.243 e. The summed E-state index contributed by atoms with van der Waals surface area (Å²) < 4.78 is 62.0. The minimum atomic E-state index is -4.09. The van der Waals surface area contributed by atoms with Gasteiger partial charge in [-0.2, -0.15) is 0 Å². The largest absolute Gasteiger partial charge is 0.243 e. The average Bonchev–Trinajstić information content (AvgIpc) is 2.26. The zero-order valence-electron chi connectivity index (χ0n) is 10.7. The molecule has 0 bridgehead atoms. The van der Waals surface area contributed by atoms with E-state index >= 15 is 0 Å². The third-order valence-corrected chi connectivity index (χ3v) is 4.93. The maximum atomic E-state index is 13.8. The Bertz CT molecular complexity index is 714. The fourth-order valence-corrected chi connectivity index (χ4v) is 3.34. The highest BCUT2D eigenvalue weighted by Gasteiger charge is 2.22. The molecule has 0 heterocycles. The Morgan fingerprint density at radius 2 is 2.00 bits per heavy atom. The van der Waals surface area contributed by atoms with Crippen molar-refractivity contribution in [2.24, 2.45) is 5.14 Å². The number of rotatable bonds is 6. The summed E-state index contributed by atoms with van der Waals surface area (Å²) in [6.45, 7) is 5.06. The number of halogens is 1. The highest BCUT2D eigenvalue weighted by atomic mass is 32.2. The number of hydrogen-bond donors (Lipinski definition) is 2. The van der Waals surface area contributed by atoms with Crippen molar-refractivity contribution in [2.75, 3.05) is 0 Å². The number of primary sulfonamides is 1. The summed E-state index contributed by atoms with van der Waals surface area (Å²) in [6.07, 6.45) is 1.89. The van der Waals surface area contributed by atoms with Crippen LogP contribution >= 0.6 is 0 Å². The normalized spacial score (nSPS) is 13.9. The highest BCUT2D eigenvalue weighted by Crippen LogP contribution is 2.18. The van der Waals surface area contributed by atoms with Gasteiger partial charge in [0.05, 0.1) is 4.90 Å². The average molecular weight is 322 g/mol. The van der Waals surface area contributed by atoms with E-state index in [1.54, 1.807) is 6.92 Å². The van der Waals surface area contributed by atoms with Crippen LogP contribution in [-0.4, -0.2) is 22.9 Å². The monoisotopic (exact) mass is 322 g/mol. The molecule has 0 fully saturated rings. The Morgan fingerprint density at radius 3 is 2.45 bits per heavy atom. The first-order valence-electron chi connectivity index (χ1n) is 5.53. The molecule has 0 saturated heterocycles. The summed E-state index contributed by atoms with van der Waals surface area (Å²) >= 11 is 0. The van der Waals surface area contributed by atoms with Crippen LogP contribution < -0.4 is 9.86 Å². The lowest BCUT2D eigenvalue weighted by Gasteiger charge is -2.13. The van der Waals surface area contributed by atoms with Gasteiger partial charge in [0.2, 0.25) is 20.0 Å². The second-order valence-corrected chi connectivity index (χ2v) is 7.43. The van der Waals surface area contributed by atoms with Crippen molar-refractivity contribution in [3.63, 3.8) is 0 Å². The first-order chi connectivity index (χ1) is 9.08. The quantitative estimate of drug-likeness (QED) is 0.752. The molecule has 1 aromatic rings. The molecule has 0 amide bonds. The summed E-state index contributed by atoms with van der Waals surface area (Å²) in [5.41, 5.74) is 0. The van der Waals surface area contributed by atoms with Crippen molar-refractivity contribution in [3.8, 4) is 0 Å². The summed E-state index contributed by atoms with van der Waals surface area (Å²) in [4.78, 5) is -1.13. The molecule has 0 spiro atoms. The van der Waals surface area contributed by atoms with E-state index in [-0.39, 0.29) is 0 Å². The molecule has 1 aromatic carbocycles. The number of nitrogens with two attached hydrogens (primary N) is 1. The van der Waals surface area contributed by atoms with Crippen LogP contribution in [0.15, 0.2) is 40.6 Å². The van der Waals surface area contributed by atoms with Crippen molar-refractivity contribution in [3.05, 3.63) is 36.7 Å². The minimum absolute atomic E-state index is 0.371. The molecule has 3 N–H and O–H groups in total. The van der Waals surface area contributed by atoms with Crippen LogP contribution in [0.2, 0.25) is 0 Å². The third-order valence-electron chi connectivity index (χ3n) is 2.40. The first-order valence-corrected chi connectivity index (χ1v) is 8.56. The maximum absolute atomic E-state index is 13.8. The molecule has 0 aromatic heterocycles. The smallest absolute Gasteiger partial charge is 0.225 e. The Balaban J connectivity index is 3.18. The van der Waals surface area contributed by atoms with Crippen LogP contribution in [-0.2, 0) is 20.0 Å². The summed E-state index contributed by atoms with van der Waals surface area (Å²) in [5.74, 6) is -1.19. The fraction of sp³-hybridized carbons (Fsp3) is 0.273. The van der Waals surface area contributed by atoms with E-state index < -0.39 is 41.7 Å². The zero-order valence-corrected chi connectivity index (χ0v) is 12.3. The van der Waals surface area contributed by atoms with E-state index in [0.717, 1.165) is 12.1 Å². The summed E-state index contributed by atoms with van der Waals surface area (Å²) in [6, 6.07) is 1.90. The molecule has 1 rings (SSSR count). The Hall–Kier alpha value is -1.29. The van der Waals surface area contributed by atoms with Gasteiger partial charge in [0.15, 0.2) is 0 Å². The lowest BCUT2D eigenvalue weighted by molar-refractivity contribution is 0.541. The van der Waals surface area contributed by atoms with Gasteiger partial charge >= 0.3 is 0 Å². The Morgan fingerprint density at radius 1 is 1.40 bits per heavy atom. The minimum Gasteiger partial charge on any atom is -0.225 e. The fourth-order valence-electron chi connectivity index (χ4n) is 1.50. The molecule has 0 saturated carbocycles. The van der Waals surface area contributed by atoms with Gasteiger partial charge in [-0.1, -0.05) is 6.08 Å². The molecule has 1 unspecified atom stereocenters. The molecule has 20 heavy (non-hydrogen) atoms. The van der Waals surface area contributed by atoms with Gasteiger partial charge in [-0.15, -0.1) is 6.58 Å².